The zero-order valence-electron chi connectivity index (χ0n) is 14.7. The summed E-state index contributed by atoms with van der Waals surface area (Å²) in [4.78, 5) is 27.9. The number of nitrogens with one attached hydrogen (secondary N) is 1. The number of rotatable bonds is 6. The van der Waals surface area contributed by atoms with Crippen LogP contribution < -0.4 is 10.2 Å². The molecule has 1 aliphatic rings. The van der Waals surface area contributed by atoms with Gasteiger partial charge in [0.2, 0.25) is 5.91 Å². The van der Waals surface area contributed by atoms with Gasteiger partial charge >= 0.3 is 0 Å². The fourth-order valence-electron chi connectivity index (χ4n) is 3.70. The van der Waals surface area contributed by atoms with E-state index in [1.54, 1.807) is 25.6 Å². The van der Waals surface area contributed by atoms with Crippen LogP contribution in [0.4, 0.5) is 5.82 Å². The third-order valence-electron chi connectivity index (χ3n) is 4.97. The van der Waals surface area contributed by atoms with Crippen molar-refractivity contribution < 1.29 is 4.79 Å². The number of carbonyl (C=O) groups excluding carboxylic acids is 1. The number of nitrogens with zero attached hydrogens (tertiary/aromatic N) is 4. The highest BCUT2D eigenvalue weighted by atomic mass is 16.2. The number of carbonyl (C=O) groups is 1. The number of hydrogen-bond donors (Lipinski definition) is 1. The molecule has 0 spiro atoms. The molecule has 1 saturated heterocycles. The summed E-state index contributed by atoms with van der Waals surface area (Å²) in [5, 5.41) is 2.88. The first-order valence-electron chi connectivity index (χ1n) is 8.87. The third-order valence-corrected chi connectivity index (χ3v) is 4.97. The van der Waals surface area contributed by atoms with Gasteiger partial charge in [0, 0.05) is 44.4 Å². The standard InChI is InChI=1S/C19H25N5O/c1-20-18(25)19(8-4-7-16-6-2-3-10-22-16)9-5-13-24(15-19)17-14-21-11-12-23-17/h2-3,6,10-12,14H,4-5,7-9,13,15H2,1H3,(H,20,25)/t19-/m0/s1. The zero-order valence-corrected chi connectivity index (χ0v) is 14.7. The van der Waals surface area contributed by atoms with Crippen LogP contribution in [-0.2, 0) is 11.2 Å². The largest absolute Gasteiger partial charge is 0.359 e. The highest BCUT2D eigenvalue weighted by molar-refractivity contribution is 5.83. The Morgan fingerprint density at radius 3 is 2.92 bits per heavy atom. The molecule has 2 aromatic rings. The molecule has 3 heterocycles. The van der Waals surface area contributed by atoms with Gasteiger partial charge in [-0.05, 0) is 44.2 Å². The summed E-state index contributed by atoms with van der Waals surface area (Å²) < 4.78 is 0. The van der Waals surface area contributed by atoms with E-state index in [1.807, 2.05) is 24.4 Å². The first kappa shape index (κ1) is 17.3. The minimum absolute atomic E-state index is 0.127. The summed E-state index contributed by atoms with van der Waals surface area (Å²) in [6.45, 7) is 1.60. The van der Waals surface area contributed by atoms with Crippen LogP contribution in [0.1, 0.15) is 31.4 Å². The second-order valence-electron chi connectivity index (χ2n) is 6.62. The van der Waals surface area contributed by atoms with Crippen molar-refractivity contribution in [3.8, 4) is 0 Å². The van der Waals surface area contributed by atoms with Gasteiger partial charge < -0.3 is 10.2 Å². The Hall–Kier alpha value is -2.50. The molecule has 6 heteroatoms. The smallest absolute Gasteiger partial charge is 0.227 e. The molecule has 0 saturated carbocycles. The Morgan fingerprint density at radius 1 is 1.28 bits per heavy atom. The molecule has 1 fully saturated rings. The summed E-state index contributed by atoms with van der Waals surface area (Å²) in [5.41, 5.74) is 0.704. The fraction of sp³-hybridized carbons (Fsp3) is 0.474. The van der Waals surface area contributed by atoms with Crippen molar-refractivity contribution in [2.75, 3.05) is 25.0 Å². The van der Waals surface area contributed by atoms with Gasteiger partial charge in [-0.15, -0.1) is 0 Å². The maximum atomic E-state index is 12.7. The zero-order chi connectivity index (χ0) is 17.5. The van der Waals surface area contributed by atoms with E-state index < -0.39 is 0 Å². The van der Waals surface area contributed by atoms with Gasteiger partial charge in [-0.25, -0.2) is 4.98 Å². The van der Waals surface area contributed by atoms with Crippen LogP contribution in [0.15, 0.2) is 43.0 Å². The molecule has 132 valence electrons. The summed E-state index contributed by atoms with van der Waals surface area (Å²) in [6, 6.07) is 5.97. The summed E-state index contributed by atoms with van der Waals surface area (Å²) in [7, 11) is 1.73. The van der Waals surface area contributed by atoms with E-state index in [1.165, 1.54) is 0 Å². The highest BCUT2D eigenvalue weighted by Crippen LogP contribution is 2.36. The Bertz CT molecular complexity index is 679. The number of hydrogen-bond acceptors (Lipinski definition) is 5. The fourth-order valence-corrected chi connectivity index (χ4v) is 3.70. The topological polar surface area (TPSA) is 71.0 Å². The lowest BCUT2D eigenvalue weighted by molar-refractivity contribution is -0.131. The SMILES string of the molecule is CNC(=O)[C@@]1(CCCc2ccccn2)CCCN(c2cnccn2)C1. The van der Waals surface area contributed by atoms with Gasteiger partial charge in [0.05, 0.1) is 11.6 Å². The Kier molecular flexibility index (Phi) is 5.58. The van der Waals surface area contributed by atoms with E-state index in [0.29, 0.717) is 6.54 Å². The van der Waals surface area contributed by atoms with Crippen LogP contribution in [0, 0.1) is 5.41 Å². The molecular formula is C19H25N5O. The molecule has 1 N–H and O–H groups in total. The van der Waals surface area contributed by atoms with E-state index in [9.17, 15) is 4.79 Å². The molecule has 3 rings (SSSR count). The molecule has 0 unspecified atom stereocenters. The lowest BCUT2D eigenvalue weighted by atomic mass is 9.75. The number of aromatic nitrogens is 3. The van der Waals surface area contributed by atoms with Crippen LogP contribution in [-0.4, -0.2) is 41.0 Å². The Balaban J connectivity index is 1.70. The molecule has 0 bridgehead atoms. The highest BCUT2D eigenvalue weighted by Gasteiger charge is 2.41. The van der Waals surface area contributed by atoms with Crippen molar-refractivity contribution in [1.82, 2.24) is 20.3 Å². The second kappa shape index (κ2) is 8.05. The predicted molar refractivity (Wildman–Crippen MR) is 97.2 cm³/mol. The molecule has 1 amide bonds. The predicted octanol–water partition coefficient (Wildman–Crippen LogP) is 2.23. The summed E-state index contributed by atoms with van der Waals surface area (Å²) >= 11 is 0. The number of amides is 1. The normalized spacial score (nSPS) is 20.3. The monoisotopic (exact) mass is 339 g/mol. The van der Waals surface area contributed by atoms with Crippen molar-refractivity contribution in [2.24, 2.45) is 5.41 Å². The van der Waals surface area contributed by atoms with E-state index in [-0.39, 0.29) is 11.3 Å². The van der Waals surface area contributed by atoms with Crippen LogP contribution in [0.5, 0.6) is 0 Å². The van der Waals surface area contributed by atoms with E-state index in [0.717, 1.165) is 50.2 Å². The van der Waals surface area contributed by atoms with E-state index in [2.05, 4.69) is 25.2 Å². The average Bonchev–Trinajstić information content (AvgIpc) is 2.69. The molecule has 1 atom stereocenters. The first-order chi connectivity index (χ1) is 12.2. The van der Waals surface area contributed by atoms with Crippen molar-refractivity contribution in [1.29, 1.82) is 0 Å². The van der Waals surface area contributed by atoms with Gasteiger partial charge in [-0.3, -0.25) is 14.8 Å². The van der Waals surface area contributed by atoms with Gasteiger partial charge in [0.1, 0.15) is 5.82 Å². The lowest BCUT2D eigenvalue weighted by Gasteiger charge is -2.42. The molecule has 6 nitrogen and oxygen atoms in total. The number of piperidine rings is 1. The summed E-state index contributed by atoms with van der Waals surface area (Å²) in [6.07, 6.45) is 11.5. The minimum atomic E-state index is -0.376. The van der Waals surface area contributed by atoms with Crippen LogP contribution in [0.2, 0.25) is 0 Å². The first-order valence-corrected chi connectivity index (χ1v) is 8.87. The third kappa shape index (κ3) is 4.13. The van der Waals surface area contributed by atoms with Gasteiger partial charge in [-0.1, -0.05) is 6.07 Å². The maximum Gasteiger partial charge on any atom is 0.227 e. The quantitative estimate of drug-likeness (QED) is 0.874. The number of anilines is 1. The van der Waals surface area contributed by atoms with Crippen molar-refractivity contribution in [3.63, 3.8) is 0 Å². The molecule has 0 aliphatic carbocycles. The molecule has 2 aromatic heterocycles. The van der Waals surface area contributed by atoms with Crippen molar-refractivity contribution in [2.45, 2.75) is 32.1 Å². The molecule has 0 aromatic carbocycles. The van der Waals surface area contributed by atoms with Crippen LogP contribution in [0.3, 0.4) is 0 Å². The molecular weight excluding hydrogens is 314 g/mol. The minimum Gasteiger partial charge on any atom is -0.359 e. The van der Waals surface area contributed by atoms with Gasteiger partial charge in [0.15, 0.2) is 0 Å². The maximum absolute atomic E-state index is 12.7. The second-order valence-corrected chi connectivity index (χ2v) is 6.62. The van der Waals surface area contributed by atoms with E-state index >= 15 is 0 Å². The lowest BCUT2D eigenvalue weighted by Crippen LogP contribution is -2.51. The van der Waals surface area contributed by atoms with E-state index in [4.69, 9.17) is 0 Å². The Morgan fingerprint density at radius 2 is 2.20 bits per heavy atom. The number of pyridine rings is 1. The summed E-state index contributed by atoms with van der Waals surface area (Å²) in [5.74, 6) is 0.974. The van der Waals surface area contributed by atoms with Crippen LogP contribution in [0.25, 0.3) is 0 Å². The van der Waals surface area contributed by atoms with Crippen LogP contribution >= 0.6 is 0 Å². The molecule has 0 radical (unpaired) electrons. The molecule has 1 aliphatic heterocycles. The number of aryl methyl sites for hydroxylation is 1. The van der Waals surface area contributed by atoms with Crippen molar-refractivity contribution >= 4 is 11.7 Å². The average molecular weight is 339 g/mol. The van der Waals surface area contributed by atoms with Gasteiger partial charge in [-0.2, -0.15) is 0 Å². The molecule has 25 heavy (non-hydrogen) atoms. The Labute approximate surface area is 148 Å². The van der Waals surface area contributed by atoms with Gasteiger partial charge in [0.25, 0.3) is 0 Å². The van der Waals surface area contributed by atoms with Crippen molar-refractivity contribution in [3.05, 3.63) is 48.7 Å².